The monoisotopic (exact) mass is 354 g/mol. The van der Waals surface area contributed by atoms with Crippen LogP contribution in [0.15, 0.2) is 46.3 Å². The van der Waals surface area contributed by atoms with Crippen molar-refractivity contribution in [1.82, 2.24) is 10.1 Å². The molecule has 0 aliphatic heterocycles. The number of amides is 1. The van der Waals surface area contributed by atoms with E-state index in [2.05, 4.69) is 15.5 Å². The number of thiophene rings is 1. The molecule has 1 N–H and O–H groups in total. The number of rotatable bonds is 7. The number of nitrogens with zero attached hydrogens (tertiary/aromatic N) is 3. The van der Waals surface area contributed by atoms with Gasteiger partial charge in [-0.05, 0) is 23.6 Å². The molecule has 0 saturated carbocycles. The number of benzene rings is 1. The van der Waals surface area contributed by atoms with Crippen molar-refractivity contribution in [2.24, 2.45) is 0 Å². The van der Waals surface area contributed by atoms with Crippen LogP contribution in [0.2, 0.25) is 0 Å². The molecule has 0 saturated heterocycles. The number of aryl methyl sites for hydroxylation is 1. The highest BCUT2D eigenvalue weighted by atomic mass is 32.1. The maximum absolute atomic E-state index is 12.1. The van der Waals surface area contributed by atoms with Crippen LogP contribution in [0.4, 0.5) is 5.69 Å². The molecule has 0 spiro atoms. The lowest BCUT2D eigenvalue weighted by Gasteiger charge is -2.06. The van der Waals surface area contributed by atoms with Crippen molar-refractivity contribution in [3.05, 3.63) is 47.7 Å². The Balaban J connectivity index is 1.52. The topological polar surface area (TPSA) is 101 Å². The summed E-state index contributed by atoms with van der Waals surface area (Å²) in [7, 11) is 0. The van der Waals surface area contributed by atoms with E-state index in [1.54, 1.807) is 24.3 Å². The lowest BCUT2D eigenvalue weighted by molar-refractivity contribution is -0.116. The van der Waals surface area contributed by atoms with Gasteiger partial charge in [0.15, 0.2) is 6.61 Å². The molecule has 0 unspecified atom stereocenters. The van der Waals surface area contributed by atoms with Crippen LogP contribution in [0.25, 0.3) is 10.7 Å². The average molecular weight is 354 g/mol. The van der Waals surface area contributed by atoms with Crippen molar-refractivity contribution in [2.45, 2.75) is 12.8 Å². The number of nitrogens with one attached hydrogen (secondary N) is 1. The van der Waals surface area contributed by atoms with E-state index in [1.807, 2.05) is 23.6 Å². The minimum Gasteiger partial charge on any atom is -0.479 e. The predicted molar refractivity (Wildman–Crippen MR) is 92.1 cm³/mol. The van der Waals surface area contributed by atoms with Gasteiger partial charge in [-0.2, -0.15) is 10.2 Å². The summed E-state index contributed by atoms with van der Waals surface area (Å²) in [5, 5.41) is 17.1. The van der Waals surface area contributed by atoms with Crippen LogP contribution in [0.5, 0.6) is 5.75 Å². The van der Waals surface area contributed by atoms with Crippen LogP contribution in [-0.4, -0.2) is 22.7 Å². The average Bonchev–Trinajstić information content (AvgIpc) is 3.29. The first-order chi connectivity index (χ1) is 12.2. The molecule has 126 valence electrons. The van der Waals surface area contributed by atoms with Crippen LogP contribution in [0.3, 0.4) is 0 Å². The Bertz CT molecular complexity index is 883. The third-order valence-electron chi connectivity index (χ3n) is 3.20. The summed E-state index contributed by atoms with van der Waals surface area (Å²) < 4.78 is 10.4. The molecule has 7 nitrogen and oxygen atoms in total. The normalized spacial score (nSPS) is 10.2. The first-order valence-corrected chi connectivity index (χ1v) is 8.38. The zero-order valence-electron chi connectivity index (χ0n) is 13.1. The molecular weight excluding hydrogens is 340 g/mol. The Hall–Kier alpha value is -3.18. The molecule has 0 aliphatic carbocycles. The molecule has 1 aromatic carbocycles. The van der Waals surface area contributed by atoms with Crippen molar-refractivity contribution >= 4 is 22.9 Å². The van der Waals surface area contributed by atoms with Gasteiger partial charge in [-0.25, -0.2) is 0 Å². The lowest BCUT2D eigenvalue weighted by atomic mass is 10.2. The largest absolute Gasteiger partial charge is 0.479 e. The fourth-order valence-corrected chi connectivity index (χ4v) is 2.73. The summed E-state index contributed by atoms with van der Waals surface area (Å²) in [6.07, 6.45) is 0.574. The molecule has 3 rings (SSSR count). The highest BCUT2D eigenvalue weighted by molar-refractivity contribution is 7.13. The number of nitriles is 1. The van der Waals surface area contributed by atoms with Crippen molar-refractivity contribution in [1.29, 1.82) is 5.26 Å². The van der Waals surface area contributed by atoms with Gasteiger partial charge in [0.2, 0.25) is 17.6 Å². The minimum absolute atomic E-state index is 0.0405. The highest BCUT2D eigenvalue weighted by Gasteiger charge is 2.11. The maximum atomic E-state index is 12.1. The summed E-state index contributed by atoms with van der Waals surface area (Å²) >= 11 is 1.53. The second-order valence-corrected chi connectivity index (χ2v) is 5.96. The summed E-state index contributed by atoms with van der Waals surface area (Å²) in [5.74, 6) is 1.31. The molecule has 0 radical (unpaired) electrons. The molecule has 1 amide bonds. The minimum atomic E-state index is -0.173. The van der Waals surface area contributed by atoms with Crippen LogP contribution < -0.4 is 10.1 Å². The van der Waals surface area contributed by atoms with E-state index in [0.29, 0.717) is 29.6 Å². The molecule has 25 heavy (non-hydrogen) atoms. The van der Waals surface area contributed by atoms with E-state index in [-0.39, 0.29) is 18.9 Å². The molecule has 0 fully saturated rings. The zero-order valence-corrected chi connectivity index (χ0v) is 14.0. The molecule has 2 aromatic heterocycles. The van der Waals surface area contributed by atoms with E-state index >= 15 is 0 Å². The van der Waals surface area contributed by atoms with Gasteiger partial charge in [-0.15, -0.1) is 11.3 Å². The van der Waals surface area contributed by atoms with E-state index in [4.69, 9.17) is 14.5 Å². The molecule has 0 aliphatic rings. The quantitative estimate of drug-likeness (QED) is 0.699. The Labute approximate surface area is 147 Å². The maximum Gasteiger partial charge on any atom is 0.227 e. The van der Waals surface area contributed by atoms with Gasteiger partial charge >= 0.3 is 0 Å². The van der Waals surface area contributed by atoms with E-state index < -0.39 is 0 Å². The van der Waals surface area contributed by atoms with Crippen molar-refractivity contribution < 1.29 is 14.1 Å². The summed E-state index contributed by atoms with van der Waals surface area (Å²) in [6.45, 7) is -0.0405. The molecule has 3 aromatic rings. The van der Waals surface area contributed by atoms with Gasteiger partial charge < -0.3 is 14.6 Å². The molecular formula is C17H14N4O3S. The summed E-state index contributed by atoms with van der Waals surface area (Å²) in [4.78, 5) is 17.3. The molecule has 2 heterocycles. The van der Waals surface area contributed by atoms with Crippen LogP contribution in [0.1, 0.15) is 12.3 Å². The SMILES string of the molecule is N#CCOc1cccc(NC(=O)CCc2nc(-c3cccs3)no2)c1. The smallest absolute Gasteiger partial charge is 0.227 e. The number of aromatic nitrogens is 2. The Morgan fingerprint density at radius 3 is 3.08 bits per heavy atom. The standard InChI is InChI=1S/C17H14N4O3S/c18-8-9-23-13-4-1-3-12(11-13)19-15(22)6-7-16-20-17(21-24-16)14-5-2-10-25-14/h1-5,10-11H,6-7,9H2,(H,19,22). The number of hydrogen-bond donors (Lipinski definition) is 1. The Morgan fingerprint density at radius 2 is 2.28 bits per heavy atom. The van der Waals surface area contributed by atoms with Gasteiger partial charge in [0, 0.05) is 24.6 Å². The first-order valence-electron chi connectivity index (χ1n) is 7.51. The fourth-order valence-electron chi connectivity index (χ4n) is 2.09. The van der Waals surface area contributed by atoms with Gasteiger partial charge in [0.1, 0.15) is 11.8 Å². The number of carbonyl (C=O) groups excluding carboxylic acids is 1. The third-order valence-corrected chi connectivity index (χ3v) is 4.06. The van der Waals surface area contributed by atoms with Gasteiger partial charge in [-0.3, -0.25) is 4.79 Å². The molecule has 8 heteroatoms. The van der Waals surface area contributed by atoms with Crippen molar-refractivity contribution in [2.75, 3.05) is 11.9 Å². The number of ether oxygens (including phenoxy) is 1. The Morgan fingerprint density at radius 1 is 1.36 bits per heavy atom. The van der Waals surface area contributed by atoms with Gasteiger partial charge in [0.25, 0.3) is 0 Å². The van der Waals surface area contributed by atoms with Crippen LogP contribution >= 0.6 is 11.3 Å². The zero-order chi connectivity index (χ0) is 17.5. The van der Waals surface area contributed by atoms with E-state index in [0.717, 1.165) is 4.88 Å². The van der Waals surface area contributed by atoms with Crippen molar-refractivity contribution in [3.63, 3.8) is 0 Å². The summed E-state index contributed by atoms with van der Waals surface area (Å²) in [6, 6.07) is 12.6. The highest BCUT2D eigenvalue weighted by Crippen LogP contribution is 2.22. The van der Waals surface area contributed by atoms with Crippen LogP contribution in [0, 0.1) is 11.3 Å². The molecule has 0 atom stereocenters. The van der Waals surface area contributed by atoms with E-state index in [1.165, 1.54) is 11.3 Å². The molecule has 0 bridgehead atoms. The van der Waals surface area contributed by atoms with Crippen LogP contribution in [-0.2, 0) is 11.2 Å². The lowest BCUT2D eigenvalue weighted by Crippen LogP contribution is -2.12. The number of hydrogen-bond acceptors (Lipinski definition) is 7. The van der Waals surface area contributed by atoms with Gasteiger partial charge in [0.05, 0.1) is 4.88 Å². The second kappa shape index (κ2) is 8.08. The predicted octanol–water partition coefficient (Wildman–Crippen LogP) is 3.27. The van der Waals surface area contributed by atoms with E-state index in [9.17, 15) is 4.79 Å². The van der Waals surface area contributed by atoms with Crippen molar-refractivity contribution in [3.8, 4) is 22.5 Å². The number of carbonyl (C=O) groups is 1. The number of anilines is 1. The summed E-state index contributed by atoms with van der Waals surface area (Å²) in [5.41, 5.74) is 0.602. The third kappa shape index (κ3) is 4.65. The fraction of sp³-hybridized carbons (Fsp3) is 0.176. The Kier molecular flexibility index (Phi) is 5.39. The second-order valence-electron chi connectivity index (χ2n) is 5.01. The first kappa shape index (κ1) is 16.7. The van der Waals surface area contributed by atoms with Gasteiger partial charge in [-0.1, -0.05) is 17.3 Å².